The molecule has 4 fully saturated rings. The molecule has 4 rings (SSSR count). The van der Waals surface area contributed by atoms with E-state index in [0.29, 0.717) is 5.41 Å². The average Bonchev–Trinajstić information content (AvgIpc) is 3.07. The summed E-state index contributed by atoms with van der Waals surface area (Å²) in [5.74, 6) is 3.30. The Morgan fingerprint density at radius 1 is 1.06 bits per heavy atom. The zero-order valence-electron chi connectivity index (χ0n) is 11.7. The standard InChI is InChI=1S/C16H28N2/c1-2-14-9-13(1)10-15(14)11-18-8-5-16(12-18)3-6-17-7-4-16/h13-15,17H,1-12H2. The summed E-state index contributed by atoms with van der Waals surface area (Å²) in [4.78, 5) is 2.83. The van der Waals surface area contributed by atoms with Gasteiger partial charge in [-0.2, -0.15) is 0 Å². The lowest BCUT2D eigenvalue weighted by Gasteiger charge is -2.34. The highest BCUT2D eigenvalue weighted by Gasteiger charge is 2.43. The normalized spacial score (nSPS) is 43.0. The minimum Gasteiger partial charge on any atom is -0.317 e. The molecule has 0 radical (unpaired) electrons. The highest BCUT2D eigenvalue weighted by Crippen LogP contribution is 2.49. The first kappa shape index (κ1) is 11.7. The molecule has 1 N–H and O–H groups in total. The Bertz CT molecular complexity index is 308. The van der Waals surface area contributed by atoms with Gasteiger partial charge in [0, 0.05) is 13.1 Å². The molecular formula is C16H28N2. The molecule has 4 aliphatic rings. The van der Waals surface area contributed by atoms with Crippen LogP contribution in [0.3, 0.4) is 0 Å². The summed E-state index contributed by atoms with van der Waals surface area (Å²) < 4.78 is 0. The summed E-state index contributed by atoms with van der Waals surface area (Å²) >= 11 is 0. The molecular weight excluding hydrogens is 220 g/mol. The van der Waals surface area contributed by atoms with E-state index in [9.17, 15) is 0 Å². The molecule has 0 aromatic rings. The molecule has 2 aliphatic carbocycles. The maximum atomic E-state index is 3.53. The van der Waals surface area contributed by atoms with Gasteiger partial charge >= 0.3 is 0 Å². The van der Waals surface area contributed by atoms with Gasteiger partial charge in [0.1, 0.15) is 0 Å². The molecule has 0 aromatic heterocycles. The maximum Gasteiger partial charge on any atom is 0.00395 e. The lowest BCUT2D eigenvalue weighted by molar-refractivity contribution is 0.169. The van der Waals surface area contributed by atoms with Crippen molar-refractivity contribution < 1.29 is 0 Å². The van der Waals surface area contributed by atoms with E-state index in [1.807, 2.05) is 0 Å². The molecule has 2 saturated heterocycles. The molecule has 2 saturated carbocycles. The van der Waals surface area contributed by atoms with Crippen LogP contribution in [0.15, 0.2) is 0 Å². The van der Waals surface area contributed by atoms with Crippen molar-refractivity contribution in [3.8, 4) is 0 Å². The van der Waals surface area contributed by atoms with Gasteiger partial charge in [0.2, 0.25) is 0 Å². The summed E-state index contributed by atoms with van der Waals surface area (Å²) in [6.45, 7) is 6.79. The van der Waals surface area contributed by atoms with Gasteiger partial charge in [0.15, 0.2) is 0 Å². The van der Waals surface area contributed by atoms with Crippen LogP contribution < -0.4 is 5.32 Å². The SMILES string of the molecule is C1CC2(CCN1)CCN(CC1CC3CCC1C3)C2. The largest absolute Gasteiger partial charge is 0.317 e. The van der Waals surface area contributed by atoms with E-state index in [1.54, 1.807) is 25.7 Å². The van der Waals surface area contributed by atoms with E-state index in [2.05, 4.69) is 10.2 Å². The summed E-state index contributed by atoms with van der Waals surface area (Å²) in [7, 11) is 0. The van der Waals surface area contributed by atoms with E-state index in [0.717, 1.165) is 17.8 Å². The maximum absolute atomic E-state index is 3.53. The van der Waals surface area contributed by atoms with Crippen LogP contribution in [0.2, 0.25) is 0 Å². The van der Waals surface area contributed by atoms with Crippen molar-refractivity contribution in [3.05, 3.63) is 0 Å². The van der Waals surface area contributed by atoms with Gasteiger partial charge in [0.05, 0.1) is 0 Å². The zero-order valence-corrected chi connectivity index (χ0v) is 11.7. The van der Waals surface area contributed by atoms with Crippen LogP contribution in [-0.4, -0.2) is 37.6 Å². The van der Waals surface area contributed by atoms with Gasteiger partial charge in [-0.3, -0.25) is 0 Å². The first-order valence-corrected chi connectivity index (χ1v) is 8.26. The topological polar surface area (TPSA) is 15.3 Å². The number of fused-ring (bicyclic) bond motifs is 2. The fourth-order valence-electron chi connectivity index (χ4n) is 5.48. The fourth-order valence-corrected chi connectivity index (χ4v) is 5.48. The van der Waals surface area contributed by atoms with Crippen LogP contribution in [0.1, 0.15) is 44.9 Å². The Morgan fingerprint density at radius 2 is 1.94 bits per heavy atom. The number of rotatable bonds is 2. The number of nitrogens with one attached hydrogen (secondary N) is 1. The highest BCUT2D eigenvalue weighted by molar-refractivity contribution is 4.96. The minimum absolute atomic E-state index is 0.711. The molecule has 18 heavy (non-hydrogen) atoms. The van der Waals surface area contributed by atoms with Crippen LogP contribution >= 0.6 is 0 Å². The Labute approximate surface area is 111 Å². The summed E-state index contributed by atoms with van der Waals surface area (Å²) in [5.41, 5.74) is 0.711. The summed E-state index contributed by atoms with van der Waals surface area (Å²) in [5, 5.41) is 3.53. The number of likely N-dealkylation sites (tertiary alicyclic amines) is 1. The number of hydrogen-bond donors (Lipinski definition) is 1. The monoisotopic (exact) mass is 248 g/mol. The second-order valence-corrected chi connectivity index (χ2v) is 7.67. The molecule has 3 atom stereocenters. The van der Waals surface area contributed by atoms with Crippen LogP contribution in [0.5, 0.6) is 0 Å². The predicted octanol–water partition coefficient (Wildman–Crippen LogP) is 2.50. The molecule has 2 heteroatoms. The van der Waals surface area contributed by atoms with E-state index < -0.39 is 0 Å². The molecule has 2 bridgehead atoms. The Balaban J connectivity index is 1.34. The summed E-state index contributed by atoms with van der Waals surface area (Å²) in [6, 6.07) is 0. The third kappa shape index (κ3) is 2.02. The van der Waals surface area contributed by atoms with Crippen molar-refractivity contribution in [1.29, 1.82) is 0 Å². The first-order valence-electron chi connectivity index (χ1n) is 8.26. The smallest absolute Gasteiger partial charge is 0.00395 e. The van der Waals surface area contributed by atoms with E-state index in [-0.39, 0.29) is 0 Å². The quantitative estimate of drug-likeness (QED) is 0.808. The molecule has 2 nitrogen and oxygen atoms in total. The van der Waals surface area contributed by atoms with Gasteiger partial charge in [-0.25, -0.2) is 0 Å². The third-order valence-electron chi connectivity index (χ3n) is 6.56. The summed E-state index contributed by atoms with van der Waals surface area (Å²) in [6.07, 6.45) is 10.6. The number of nitrogens with zero attached hydrogens (tertiary/aromatic N) is 1. The van der Waals surface area contributed by atoms with Crippen molar-refractivity contribution in [2.45, 2.75) is 44.9 Å². The van der Waals surface area contributed by atoms with Crippen LogP contribution in [0.4, 0.5) is 0 Å². The Morgan fingerprint density at radius 3 is 2.67 bits per heavy atom. The molecule has 2 heterocycles. The molecule has 2 aliphatic heterocycles. The van der Waals surface area contributed by atoms with Gasteiger partial charge in [-0.05, 0) is 81.3 Å². The third-order valence-corrected chi connectivity index (χ3v) is 6.56. The second kappa shape index (κ2) is 4.49. The molecule has 102 valence electrons. The zero-order chi connectivity index (χ0) is 12.0. The second-order valence-electron chi connectivity index (χ2n) is 7.67. The highest BCUT2D eigenvalue weighted by atomic mass is 15.2. The van der Waals surface area contributed by atoms with Gasteiger partial charge < -0.3 is 10.2 Å². The molecule has 3 unspecified atom stereocenters. The minimum atomic E-state index is 0.711. The van der Waals surface area contributed by atoms with Crippen LogP contribution in [-0.2, 0) is 0 Å². The molecule has 1 spiro atoms. The van der Waals surface area contributed by atoms with E-state index >= 15 is 0 Å². The van der Waals surface area contributed by atoms with Gasteiger partial charge in [0.25, 0.3) is 0 Å². The molecule has 0 aromatic carbocycles. The first-order chi connectivity index (χ1) is 8.83. The van der Waals surface area contributed by atoms with Crippen molar-refractivity contribution in [1.82, 2.24) is 10.2 Å². The van der Waals surface area contributed by atoms with Crippen molar-refractivity contribution >= 4 is 0 Å². The fraction of sp³-hybridized carbons (Fsp3) is 1.00. The van der Waals surface area contributed by atoms with Gasteiger partial charge in [-0.15, -0.1) is 0 Å². The van der Waals surface area contributed by atoms with Gasteiger partial charge in [-0.1, -0.05) is 6.42 Å². The number of hydrogen-bond acceptors (Lipinski definition) is 2. The lowest BCUT2D eigenvalue weighted by atomic mass is 9.78. The predicted molar refractivity (Wildman–Crippen MR) is 74.5 cm³/mol. The van der Waals surface area contributed by atoms with Crippen LogP contribution in [0, 0.1) is 23.2 Å². The van der Waals surface area contributed by atoms with Crippen molar-refractivity contribution in [3.63, 3.8) is 0 Å². The molecule has 0 amide bonds. The lowest BCUT2D eigenvalue weighted by Crippen LogP contribution is -2.39. The number of piperidine rings is 1. The van der Waals surface area contributed by atoms with E-state index in [1.165, 1.54) is 52.0 Å². The van der Waals surface area contributed by atoms with Crippen LogP contribution in [0.25, 0.3) is 0 Å². The average molecular weight is 248 g/mol. The van der Waals surface area contributed by atoms with E-state index in [4.69, 9.17) is 0 Å². The van der Waals surface area contributed by atoms with Crippen molar-refractivity contribution in [2.24, 2.45) is 23.2 Å². The Kier molecular flexibility index (Phi) is 2.92. The Hall–Kier alpha value is -0.0800. The van der Waals surface area contributed by atoms with Crippen molar-refractivity contribution in [2.75, 3.05) is 32.7 Å².